The lowest BCUT2D eigenvalue weighted by Gasteiger charge is -2.35. The van der Waals surface area contributed by atoms with Crippen LogP contribution in [0.2, 0.25) is 0 Å². The van der Waals surface area contributed by atoms with Crippen LogP contribution >= 0.6 is 0 Å². The zero-order valence-corrected chi connectivity index (χ0v) is 16.3. The molecule has 1 aromatic heterocycles. The minimum Gasteiger partial charge on any atom is -0.369 e. The number of nitrogens with two attached hydrogens (primary N) is 1. The largest absolute Gasteiger partial charge is 0.369 e. The summed E-state index contributed by atoms with van der Waals surface area (Å²) in [6.45, 7) is 0.796. The van der Waals surface area contributed by atoms with Crippen molar-refractivity contribution in [2.45, 2.75) is 37.3 Å². The Morgan fingerprint density at radius 3 is 2.48 bits per heavy atom. The second kappa shape index (κ2) is 7.81. The highest BCUT2D eigenvalue weighted by Gasteiger charge is 2.46. The number of aromatic nitrogens is 1. The molecule has 0 spiro atoms. The van der Waals surface area contributed by atoms with Gasteiger partial charge < -0.3 is 16.0 Å². The van der Waals surface area contributed by atoms with E-state index >= 15 is 0 Å². The molecule has 2 aliphatic rings. The van der Waals surface area contributed by atoms with Crippen LogP contribution in [0.4, 0.5) is 23.2 Å². The summed E-state index contributed by atoms with van der Waals surface area (Å²) >= 11 is 0. The van der Waals surface area contributed by atoms with Gasteiger partial charge in [0.25, 0.3) is 11.8 Å². The Balaban J connectivity index is 1.83. The lowest BCUT2D eigenvalue weighted by Crippen LogP contribution is -2.50. The number of alkyl halides is 2. The van der Waals surface area contributed by atoms with Gasteiger partial charge >= 0.3 is 0 Å². The summed E-state index contributed by atoms with van der Waals surface area (Å²) in [7, 11) is 0. The number of nitrogens with zero attached hydrogens (tertiary/aromatic N) is 3. The summed E-state index contributed by atoms with van der Waals surface area (Å²) in [4.78, 5) is 18.7. The second-order valence-corrected chi connectivity index (χ2v) is 7.94. The van der Waals surface area contributed by atoms with Gasteiger partial charge in [-0.05, 0) is 24.1 Å². The van der Waals surface area contributed by atoms with Crippen LogP contribution in [0.5, 0.6) is 0 Å². The summed E-state index contributed by atoms with van der Waals surface area (Å²) in [6, 6.07) is 3.81. The van der Waals surface area contributed by atoms with Gasteiger partial charge in [-0.25, -0.2) is 22.5 Å². The molecule has 1 saturated carbocycles. The number of amides is 1. The van der Waals surface area contributed by atoms with Crippen molar-refractivity contribution in [3.05, 3.63) is 47.3 Å². The minimum absolute atomic E-state index is 0.0305. The number of carbonyl (C=O) groups excluding carboxylic acids is 1. The van der Waals surface area contributed by atoms with Crippen LogP contribution in [-0.4, -0.2) is 42.0 Å². The monoisotopic (exact) mass is 433 g/mol. The average Bonchev–Trinajstić information content (AvgIpc) is 3.10. The molecule has 0 bridgehead atoms. The number of hydrogen-bond donors (Lipinski definition) is 2. The number of nitriles is 1. The molecule has 10 heteroatoms. The predicted molar refractivity (Wildman–Crippen MR) is 105 cm³/mol. The molecule has 6 nitrogen and oxygen atoms in total. The van der Waals surface area contributed by atoms with Crippen molar-refractivity contribution in [3.8, 4) is 17.2 Å². The van der Waals surface area contributed by atoms with E-state index in [0.717, 1.165) is 12.1 Å². The molecule has 162 valence electrons. The summed E-state index contributed by atoms with van der Waals surface area (Å²) in [6.07, 6.45) is 0.864. The Morgan fingerprint density at radius 1 is 1.26 bits per heavy atom. The predicted octanol–water partition coefficient (Wildman–Crippen LogP) is 2.96. The van der Waals surface area contributed by atoms with Crippen LogP contribution in [0.3, 0.4) is 0 Å². The number of pyridine rings is 1. The minimum atomic E-state index is -2.81. The average molecular weight is 433 g/mol. The van der Waals surface area contributed by atoms with Crippen molar-refractivity contribution in [3.63, 3.8) is 0 Å². The lowest BCUT2D eigenvalue weighted by atomic mass is 9.88. The topological polar surface area (TPSA) is 95.0 Å². The van der Waals surface area contributed by atoms with Crippen molar-refractivity contribution in [2.24, 2.45) is 5.73 Å². The Labute approximate surface area is 175 Å². The number of nitrogens with one attached hydrogen (secondary N) is 1. The van der Waals surface area contributed by atoms with E-state index in [1.165, 1.54) is 6.20 Å². The molecule has 0 radical (unpaired) electrons. The lowest BCUT2D eigenvalue weighted by molar-refractivity contribution is -0.0901. The van der Waals surface area contributed by atoms with Gasteiger partial charge in [-0.3, -0.25) is 4.79 Å². The molecule has 1 amide bonds. The first-order chi connectivity index (χ1) is 14.7. The van der Waals surface area contributed by atoms with E-state index in [-0.39, 0.29) is 34.1 Å². The van der Waals surface area contributed by atoms with Crippen molar-refractivity contribution in [1.29, 1.82) is 5.26 Å². The van der Waals surface area contributed by atoms with Crippen molar-refractivity contribution >= 4 is 11.6 Å². The van der Waals surface area contributed by atoms with Crippen molar-refractivity contribution < 1.29 is 22.4 Å². The molecule has 1 atom stereocenters. The number of hydrogen-bond acceptors (Lipinski definition) is 5. The highest BCUT2D eigenvalue weighted by Crippen LogP contribution is 2.40. The molecular formula is C21H19F4N5O. The molecule has 2 heterocycles. The van der Waals surface area contributed by atoms with E-state index in [1.807, 2.05) is 6.07 Å². The third-order valence-electron chi connectivity index (χ3n) is 5.52. The van der Waals surface area contributed by atoms with E-state index in [1.54, 1.807) is 4.90 Å². The van der Waals surface area contributed by atoms with E-state index < -0.39 is 42.3 Å². The number of rotatable bonds is 4. The zero-order valence-electron chi connectivity index (χ0n) is 16.3. The molecule has 2 fully saturated rings. The van der Waals surface area contributed by atoms with Crippen LogP contribution in [0.25, 0.3) is 11.1 Å². The first-order valence-corrected chi connectivity index (χ1v) is 9.75. The van der Waals surface area contributed by atoms with Crippen LogP contribution in [0.15, 0.2) is 24.4 Å². The van der Waals surface area contributed by atoms with Gasteiger partial charge in [0.2, 0.25) is 0 Å². The molecule has 3 N–H and O–H groups in total. The van der Waals surface area contributed by atoms with E-state index in [2.05, 4.69) is 10.3 Å². The molecular weight excluding hydrogens is 414 g/mol. The molecule has 31 heavy (non-hydrogen) atoms. The highest BCUT2D eigenvalue weighted by molar-refractivity contribution is 6.04. The Bertz CT molecular complexity index is 1060. The number of benzene rings is 1. The quantitative estimate of drug-likeness (QED) is 0.723. The maximum atomic E-state index is 14.0. The van der Waals surface area contributed by atoms with Crippen molar-refractivity contribution in [1.82, 2.24) is 10.3 Å². The third kappa shape index (κ3) is 4.18. The third-order valence-corrected chi connectivity index (χ3v) is 5.52. The molecule has 0 unspecified atom stereocenters. The van der Waals surface area contributed by atoms with Gasteiger partial charge in [0.05, 0.1) is 11.3 Å². The Kier molecular flexibility index (Phi) is 5.31. The maximum Gasteiger partial charge on any atom is 0.255 e. The fourth-order valence-corrected chi connectivity index (χ4v) is 4.07. The summed E-state index contributed by atoms with van der Waals surface area (Å²) in [5.41, 5.74) is 6.32. The van der Waals surface area contributed by atoms with Gasteiger partial charge in [0.1, 0.15) is 23.4 Å². The molecule has 1 aromatic carbocycles. The molecule has 2 aromatic rings. The fraction of sp³-hybridized carbons (Fsp3) is 0.381. The Hall–Kier alpha value is -3.19. The normalized spacial score (nSPS) is 20.3. The van der Waals surface area contributed by atoms with Gasteiger partial charge in [0, 0.05) is 55.8 Å². The standard InChI is InChI=1S/C21H19F4N5O/c22-12-3-11(4-13(23)5-12)18-17(8-26)28-9-16(19(18)30-2-1-14(27)10-30)20(31)29-15-6-21(24,25)7-15/h3-5,9,14-15H,1-2,6-7,10,27H2,(H,29,31)/t14-/m0/s1. The van der Waals surface area contributed by atoms with Crippen LogP contribution < -0.4 is 16.0 Å². The van der Waals surface area contributed by atoms with E-state index in [9.17, 15) is 27.6 Å². The van der Waals surface area contributed by atoms with Gasteiger partial charge in [0.15, 0.2) is 0 Å². The van der Waals surface area contributed by atoms with Gasteiger partial charge in [-0.2, -0.15) is 5.26 Å². The first-order valence-electron chi connectivity index (χ1n) is 9.75. The molecule has 1 saturated heterocycles. The molecule has 4 rings (SSSR count). The zero-order chi connectivity index (χ0) is 22.3. The summed E-state index contributed by atoms with van der Waals surface area (Å²) in [5.74, 6) is -5.16. The van der Waals surface area contributed by atoms with Crippen LogP contribution in [0, 0.1) is 23.0 Å². The van der Waals surface area contributed by atoms with Crippen LogP contribution in [0.1, 0.15) is 35.3 Å². The first kappa shape index (κ1) is 21.1. The van der Waals surface area contributed by atoms with Crippen LogP contribution in [-0.2, 0) is 0 Å². The molecule has 1 aliphatic carbocycles. The van der Waals surface area contributed by atoms with Gasteiger partial charge in [-0.1, -0.05) is 0 Å². The second-order valence-electron chi connectivity index (χ2n) is 7.94. The maximum absolute atomic E-state index is 14.0. The van der Waals surface area contributed by atoms with Crippen molar-refractivity contribution in [2.75, 3.05) is 18.0 Å². The number of carbonyl (C=O) groups is 1. The van der Waals surface area contributed by atoms with E-state index in [0.29, 0.717) is 25.6 Å². The number of anilines is 1. The summed E-state index contributed by atoms with van der Waals surface area (Å²) < 4.78 is 54.3. The fourth-order valence-electron chi connectivity index (χ4n) is 4.07. The SMILES string of the molecule is N#Cc1ncc(C(=O)NC2CC(F)(F)C2)c(N2CC[C@H](N)C2)c1-c1cc(F)cc(F)c1. The molecule has 1 aliphatic heterocycles. The van der Waals surface area contributed by atoms with E-state index in [4.69, 9.17) is 5.73 Å². The van der Waals surface area contributed by atoms with Gasteiger partial charge in [-0.15, -0.1) is 0 Å². The highest BCUT2D eigenvalue weighted by atomic mass is 19.3. The smallest absolute Gasteiger partial charge is 0.255 e. The Morgan fingerprint density at radius 2 is 1.94 bits per heavy atom. The summed E-state index contributed by atoms with van der Waals surface area (Å²) in [5, 5.41) is 12.1. The number of halogens is 4.